The molecule has 4 nitrogen and oxygen atoms in total. The Labute approximate surface area is 115 Å². The van der Waals surface area contributed by atoms with Gasteiger partial charge in [0.25, 0.3) is 10.0 Å². The summed E-state index contributed by atoms with van der Waals surface area (Å²) >= 11 is 5.83. The van der Waals surface area contributed by atoms with Gasteiger partial charge in [0, 0.05) is 0 Å². The van der Waals surface area contributed by atoms with Gasteiger partial charge < -0.3 is 5.73 Å². The lowest BCUT2D eigenvalue weighted by Crippen LogP contribution is -2.16. The van der Waals surface area contributed by atoms with E-state index in [4.69, 9.17) is 17.3 Å². The summed E-state index contributed by atoms with van der Waals surface area (Å²) < 4.78 is 39.9. The molecular formula is C12H10ClFN2O2S. The van der Waals surface area contributed by atoms with E-state index in [2.05, 4.69) is 4.72 Å². The Morgan fingerprint density at radius 1 is 1.11 bits per heavy atom. The maximum absolute atomic E-state index is 13.4. The summed E-state index contributed by atoms with van der Waals surface area (Å²) in [7, 11) is -4.04. The van der Waals surface area contributed by atoms with Gasteiger partial charge in [-0.05, 0) is 24.3 Å². The molecule has 0 radical (unpaired) electrons. The lowest BCUT2D eigenvalue weighted by atomic mass is 10.3. The van der Waals surface area contributed by atoms with Gasteiger partial charge in [-0.2, -0.15) is 0 Å². The number of nitrogens with one attached hydrogen (secondary N) is 1. The third-order valence-electron chi connectivity index (χ3n) is 2.38. The van der Waals surface area contributed by atoms with Crippen LogP contribution in [0.4, 0.5) is 15.8 Å². The Morgan fingerprint density at radius 2 is 1.79 bits per heavy atom. The maximum atomic E-state index is 13.4. The average molecular weight is 301 g/mol. The van der Waals surface area contributed by atoms with E-state index < -0.39 is 15.8 Å². The third-order valence-corrected chi connectivity index (χ3v) is 4.29. The molecule has 19 heavy (non-hydrogen) atoms. The Kier molecular flexibility index (Phi) is 3.64. The van der Waals surface area contributed by atoms with E-state index in [1.807, 2.05) is 0 Å². The monoisotopic (exact) mass is 300 g/mol. The minimum atomic E-state index is -4.04. The molecule has 0 aromatic heterocycles. The van der Waals surface area contributed by atoms with Gasteiger partial charge >= 0.3 is 0 Å². The van der Waals surface area contributed by atoms with Crippen LogP contribution in [0.1, 0.15) is 0 Å². The van der Waals surface area contributed by atoms with Gasteiger partial charge in [0.15, 0.2) is 0 Å². The second kappa shape index (κ2) is 5.07. The number of hydrogen-bond donors (Lipinski definition) is 2. The quantitative estimate of drug-likeness (QED) is 0.856. The fourth-order valence-corrected chi connectivity index (χ4v) is 3.30. The molecule has 2 rings (SSSR count). The number of anilines is 2. The van der Waals surface area contributed by atoms with Crippen molar-refractivity contribution in [1.82, 2.24) is 0 Å². The molecule has 2 aromatic rings. The number of nitrogen functional groups attached to an aromatic ring is 1. The summed E-state index contributed by atoms with van der Waals surface area (Å²) in [6, 6.07) is 9.75. The minimum Gasteiger partial charge on any atom is -0.398 e. The van der Waals surface area contributed by atoms with Crippen molar-refractivity contribution in [3.8, 4) is 0 Å². The SMILES string of the molecule is Nc1cccc(Cl)c1S(=O)(=O)Nc1ccccc1F. The second-order valence-corrected chi connectivity index (χ2v) is 5.77. The highest BCUT2D eigenvalue weighted by atomic mass is 35.5. The lowest BCUT2D eigenvalue weighted by Gasteiger charge is -2.11. The summed E-state index contributed by atoms with van der Waals surface area (Å²) in [5.41, 5.74) is 5.43. The molecule has 0 fully saturated rings. The highest BCUT2D eigenvalue weighted by Gasteiger charge is 2.22. The number of hydrogen-bond acceptors (Lipinski definition) is 3. The fraction of sp³-hybridized carbons (Fsp3) is 0. The van der Waals surface area contributed by atoms with E-state index >= 15 is 0 Å². The highest BCUT2D eigenvalue weighted by Crippen LogP contribution is 2.29. The van der Waals surface area contributed by atoms with E-state index in [1.54, 1.807) is 0 Å². The van der Waals surface area contributed by atoms with Crippen molar-refractivity contribution in [3.05, 3.63) is 53.3 Å². The van der Waals surface area contributed by atoms with Crippen LogP contribution in [0, 0.1) is 5.82 Å². The van der Waals surface area contributed by atoms with Gasteiger partial charge in [0.1, 0.15) is 10.7 Å². The van der Waals surface area contributed by atoms with Crippen molar-refractivity contribution in [1.29, 1.82) is 0 Å². The number of benzene rings is 2. The van der Waals surface area contributed by atoms with Gasteiger partial charge in [-0.1, -0.05) is 29.8 Å². The van der Waals surface area contributed by atoms with Gasteiger partial charge in [0.05, 0.1) is 16.4 Å². The van der Waals surface area contributed by atoms with Crippen LogP contribution in [0.5, 0.6) is 0 Å². The normalized spacial score (nSPS) is 11.3. The molecule has 0 amide bonds. The molecule has 100 valence electrons. The van der Waals surface area contributed by atoms with Crippen LogP contribution in [0.3, 0.4) is 0 Å². The number of nitrogens with two attached hydrogens (primary N) is 1. The first-order valence-corrected chi connectivity index (χ1v) is 7.09. The molecule has 0 unspecified atom stereocenters. The van der Waals surface area contributed by atoms with E-state index in [9.17, 15) is 12.8 Å². The predicted molar refractivity (Wildman–Crippen MR) is 73.1 cm³/mol. The maximum Gasteiger partial charge on any atom is 0.265 e. The Bertz CT molecular complexity index is 699. The van der Waals surface area contributed by atoms with Crippen molar-refractivity contribution >= 4 is 33.0 Å². The molecule has 0 heterocycles. The zero-order valence-corrected chi connectivity index (χ0v) is 11.2. The van der Waals surface area contributed by atoms with Gasteiger partial charge in [-0.15, -0.1) is 0 Å². The van der Waals surface area contributed by atoms with Crippen LogP contribution in [0.25, 0.3) is 0 Å². The van der Waals surface area contributed by atoms with Crippen LogP contribution < -0.4 is 10.5 Å². The molecule has 0 spiro atoms. The molecule has 0 saturated heterocycles. The topological polar surface area (TPSA) is 72.2 Å². The van der Waals surface area contributed by atoms with Crippen molar-refractivity contribution in [3.63, 3.8) is 0 Å². The molecule has 0 aliphatic heterocycles. The van der Waals surface area contributed by atoms with E-state index in [0.717, 1.165) is 6.07 Å². The van der Waals surface area contributed by atoms with Crippen LogP contribution in [0.15, 0.2) is 47.4 Å². The Morgan fingerprint density at radius 3 is 2.42 bits per heavy atom. The van der Waals surface area contributed by atoms with Crippen molar-refractivity contribution in [2.75, 3.05) is 10.5 Å². The molecular weight excluding hydrogens is 291 g/mol. The van der Waals surface area contributed by atoms with E-state index in [1.165, 1.54) is 36.4 Å². The van der Waals surface area contributed by atoms with Gasteiger partial charge in [-0.3, -0.25) is 4.72 Å². The highest BCUT2D eigenvalue weighted by molar-refractivity contribution is 7.93. The molecule has 7 heteroatoms. The van der Waals surface area contributed by atoms with E-state index in [0.29, 0.717) is 0 Å². The second-order valence-electron chi connectivity index (χ2n) is 3.74. The lowest BCUT2D eigenvalue weighted by molar-refractivity contribution is 0.599. The van der Waals surface area contributed by atoms with Gasteiger partial charge in [-0.25, -0.2) is 12.8 Å². The summed E-state index contributed by atoms with van der Waals surface area (Å²) in [5, 5.41) is -0.0242. The van der Waals surface area contributed by atoms with Crippen LogP contribution >= 0.6 is 11.6 Å². The summed E-state index contributed by atoms with van der Waals surface area (Å²) in [6.45, 7) is 0. The van der Waals surface area contributed by atoms with Crippen LogP contribution in [-0.2, 0) is 10.0 Å². The fourth-order valence-electron chi connectivity index (χ4n) is 1.55. The number of sulfonamides is 1. The predicted octanol–water partition coefficient (Wildman–Crippen LogP) is 2.86. The molecule has 2 aromatic carbocycles. The van der Waals surface area contributed by atoms with Crippen molar-refractivity contribution in [2.24, 2.45) is 0 Å². The zero-order chi connectivity index (χ0) is 14.0. The van der Waals surface area contributed by atoms with Gasteiger partial charge in [0.2, 0.25) is 0 Å². The average Bonchev–Trinajstić information content (AvgIpc) is 2.31. The standard InChI is InChI=1S/C12H10ClFN2O2S/c13-8-4-3-6-10(15)12(8)19(17,18)16-11-7-2-1-5-9(11)14/h1-7,16H,15H2. The molecule has 3 N–H and O–H groups in total. The summed E-state index contributed by atoms with van der Waals surface area (Å²) in [6.07, 6.45) is 0. The Balaban J connectivity index is 2.47. The molecule has 0 bridgehead atoms. The van der Waals surface area contributed by atoms with Crippen LogP contribution in [0.2, 0.25) is 5.02 Å². The molecule has 0 aliphatic carbocycles. The first-order chi connectivity index (χ1) is 8.92. The van der Waals surface area contributed by atoms with E-state index in [-0.39, 0.29) is 21.3 Å². The van der Waals surface area contributed by atoms with Crippen molar-refractivity contribution in [2.45, 2.75) is 4.90 Å². The summed E-state index contributed by atoms with van der Waals surface area (Å²) in [4.78, 5) is -0.264. The number of halogens is 2. The number of para-hydroxylation sites is 1. The first-order valence-electron chi connectivity index (χ1n) is 5.23. The molecule has 0 atom stereocenters. The zero-order valence-electron chi connectivity index (χ0n) is 9.60. The Hall–Kier alpha value is -1.79. The third kappa shape index (κ3) is 2.80. The minimum absolute atomic E-state index is 0.00339. The largest absolute Gasteiger partial charge is 0.398 e. The first kappa shape index (κ1) is 13.6. The van der Waals surface area contributed by atoms with Crippen molar-refractivity contribution < 1.29 is 12.8 Å². The molecule has 0 aliphatic rings. The van der Waals surface area contributed by atoms with Crippen LogP contribution in [-0.4, -0.2) is 8.42 Å². The molecule has 0 saturated carbocycles. The number of rotatable bonds is 3. The smallest absolute Gasteiger partial charge is 0.265 e. The summed E-state index contributed by atoms with van der Waals surface area (Å²) in [5.74, 6) is -0.684.